The molecule has 1 unspecified atom stereocenters. The molecule has 3 rings (SSSR count). The number of carbonyl (C=O) groups is 1. The minimum Gasteiger partial charge on any atom is -0.350 e. The monoisotopic (exact) mass is 409 g/mol. The maximum absolute atomic E-state index is 12.8. The molecule has 158 valence electrons. The lowest BCUT2D eigenvalue weighted by molar-refractivity contribution is 0.0934. The van der Waals surface area contributed by atoms with E-state index < -0.39 is 11.2 Å². The van der Waals surface area contributed by atoms with E-state index in [9.17, 15) is 14.4 Å². The summed E-state index contributed by atoms with van der Waals surface area (Å²) in [4.78, 5) is 43.8. The van der Waals surface area contributed by atoms with E-state index in [4.69, 9.17) is 0 Å². The summed E-state index contributed by atoms with van der Waals surface area (Å²) in [6.07, 6.45) is 1.39. The molecule has 3 aromatic rings. The van der Waals surface area contributed by atoms with E-state index in [2.05, 4.69) is 41.2 Å². The number of carbonyl (C=O) groups excluding carboxylic acids is 1. The van der Waals surface area contributed by atoms with Gasteiger partial charge in [-0.1, -0.05) is 44.2 Å². The van der Waals surface area contributed by atoms with Crippen molar-refractivity contribution in [2.45, 2.75) is 19.9 Å². The Bertz CT molecular complexity index is 1160. The zero-order chi connectivity index (χ0) is 21.8. The minimum atomic E-state index is -0.472. The molecular formula is C22H27N5O3. The molecular weight excluding hydrogens is 382 g/mol. The largest absolute Gasteiger partial charge is 0.350 e. The summed E-state index contributed by atoms with van der Waals surface area (Å²) in [5.41, 5.74) is 0.735. The van der Waals surface area contributed by atoms with Crippen LogP contribution in [0.4, 0.5) is 0 Å². The highest BCUT2D eigenvalue weighted by Gasteiger charge is 2.20. The van der Waals surface area contributed by atoms with Gasteiger partial charge in [-0.15, -0.1) is 0 Å². The third-order valence-electron chi connectivity index (χ3n) is 5.45. The average molecular weight is 409 g/mol. The van der Waals surface area contributed by atoms with Crippen molar-refractivity contribution in [2.24, 2.45) is 14.1 Å². The first kappa shape index (κ1) is 21.4. The van der Waals surface area contributed by atoms with Crippen LogP contribution in [0, 0.1) is 0 Å². The van der Waals surface area contributed by atoms with Crippen LogP contribution in [-0.4, -0.2) is 44.6 Å². The number of benzene rings is 1. The van der Waals surface area contributed by atoms with E-state index in [1.165, 1.54) is 23.9 Å². The van der Waals surface area contributed by atoms with Gasteiger partial charge in [0.2, 0.25) is 0 Å². The molecule has 1 aromatic carbocycles. The van der Waals surface area contributed by atoms with Crippen molar-refractivity contribution in [1.82, 2.24) is 24.3 Å². The number of fused-ring (bicyclic) bond motifs is 1. The Balaban J connectivity index is 1.88. The summed E-state index contributed by atoms with van der Waals surface area (Å²) in [6.45, 7) is 6.32. The molecule has 0 spiro atoms. The number of rotatable bonds is 7. The molecule has 2 aromatic heterocycles. The van der Waals surface area contributed by atoms with Gasteiger partial charge in [-0.3, -0.25) is 23.6 Å². The molecule has 8 heteroatoms. The highest BCUT2D eigenvalue weighted by molar-refractivity contribution is 5.96. The summed E-state index contributed by atoms with van der Waals surface area (Å²) in [6, 6.07) is 11.6. The van der Waals surface area contributed by atoms with Crippen molar-refractivity contribution in [3.8, 4) is 0 Å². The van der Waals surface area contributed by atoms with E-state index in [-0.39, 0.29) is 28.5 Å². The van der Waals surface area contributed by atoms with Crippen LogP contribution in [0.2, 0.25) is 0 Å². The second-order valence-corrected chi connectivity index (χ2v) is 7.16. The molecule has 0 radical (unpaired) electrons. The molecule has 1 amide bonds. The SMILES string of the molecule is CCN(CC)C(CNC(=O)c1cnc2c(c1)c(=O)n(C)c(=O)n2C)c1ccccc1. The quantitative estimate of drug-likeness (QED) is 0.638. The van der Waals surface area contributed by atoms with Crippen LogP contribution < -0.4 is 16.6 Å². The number of aromatic nitrogens is 3. The fourth-order valence-electron chi connectivity index (χ4n) is 3.68. The topological polar surface area (TPSA) is 89.2 Å². The van der Waals surface area contributed by atoms with E-state index in [1.54, 1.807) is 7.05 Å². The smallest absolute Gasteiger partial charge is 0.332 e. The van der Waals surface area contributed by atoms with Crippen molar-refractivity contribution < 1.29 is 4.79 Å². The predicted molar refractivity (Wildman–Crippen MR) is 117 cm³/mol. The highest BCUT2D eigenvalue weighted by Crippen LogP contribution is 2.19. The van der Waals surface area contributed by atoms with E-state index in [0.29, 0.717) is 6.54 Å². The zero-order valence-electron chi connectivity index (χ0n) is 17.8. The van der Waals surface area contributed by atoms with Crippen LogP contribution in [0.5, 0.6) is 0 Å². The molecule has 0 aliphatic heterocycles. The van der Waals surface area contributed by atoms with Crippen LogP contribution in [0.25, 0.3) is 11.0 Å². The Hall–Kier alpha value is -3.26. The van der Waals surface area contributed by atoms with E-state index in [1.807, 2.05) is 18.2 Å². The molecule has 0 aliphatic carbocycles. The molecule has 8 nitrogen and oxygen atoms in total. The molecule has 1 N–H and O–H groups in total. The standard InChI is InChI=1S/C22H27N5O3/c1-5-27(6-2)18(15-10-8-7-9-11-15)14-24-20(28)16-12-17-19(23-13-16)25(3)22(30)26(4)21(17)29/h7-13,18H,5-6,14H2,1-4H3,(H,24,28). The number of likely N-dealkylation sites (N-methyl/N-ethyl adjacent to an activating group) is 1. The first-order valence-corrected chi connectivity index (χ1v) is 10.0. The van der Waals surface area contributed by atoms with Gasteiger partial charge in [0.25, 0.3) is 11.5 Å². The predicted octanol–water partition coefficient (Wildman–Crippen LogP) is 1.45. The van der Waals surface area contributed by atoms with Gasteiger partial charge in [0, 0.05) is 26.8 Å². The Morgan fingerprint density at radius 2 is 1.77 bits per heavy atom. The van der Waals surface area contributed by atoms with Gasteiger partial charge < -0.3 is 5.32 Å². The summed E-state index contributed by atoms with van der Waals surface area (Å²) in [7, 11) is 2.96. The molecule has 30 heavy (non-hydrogen) atoms. The number of nitrogens with zero attached hydrogens (tertiary/aromatic N) is 4. The molecule has 0 bridgehead atoms. The maximum atomic E-state index is 12.8. The zero-order valence-corrected chi connectivity index (χ0v) is 17.8. The third kappa shape index (κ3) is 4.04. The van der Waals surface area contributed by atoms with Crippen molar-refractivity contribution in [3.05, 3.63) is 74.6 Å². The maximum Gasteiger partial charge on any atom is 0.332 e. The number of hydrogen-bond donors (Lipinski definition) is 1. The first-order valence-electron chi connectivity index (χ1n) is 10.0. The second kappa shape index (κ2) is 9.04. The highest BCUT2D eigenvalue weighted by atomic mass is 16.2. The van der Waals surface area contributed by atoms with E-state index in [0.717, 1.165) is 23.2 Å². The van der Waals surface area contributed by atoms with Crippen molar-refractivity contribution >= 4 is 16.9 Å². The Morgan fingerprint density at radius 1 is 1.10 bits per heavy atom. The van der Waals surface area contributed by atoms with Gasteiger partial charge in [0.15, 0.2) is 0 Å². The lowest BCUT2D eigenvalue weighted by Crippen LogP contribution is -2.39. The van der Waals surface area contributed by atoms with Gasteiger partial charge in [-0.25, -0.2) is 9.78 Å². The summed E-state index contributed by atoms with van der Waals surface area (Å²) >= 11 is 0. The van der Waals surface area contributed by atoms with Crippen LogP contribution in [0.1, 0.15) is 35.8 Å². The van der Waals surface area contributed by atoms with Gasteiger partial charge in [-0.05, 0) is 24.7 Å². The molecule has 0 fully saturated rings. The van der Waals surface area contributed by atoms with Crippen LogP contribution in [0.3, 0.4) is 0 Å². The van der Waals surface area contributed by atoms with Gasteiger partial charge in [0.05, 0.1) is 17.0 Å². The van der Waals surface area contributed by atoms with Gasteiger partial charge >= 0.3 is 5.69 Å². The summed E-state index contributed by atoms with van der Waals surface area (Å²) < 4.78 is 2.31. The molecule has 0 saturated carbocycles. The third-order valence-corrected chi connectivity index (χ3v) is 5.45. The molecule has 0 aliphatic rings. The average Bonchev–Trinajstić information content (AvgIpc) is 2.79. The molecule has 1 atom stereocenters. The van der Waals surface area contributed by atoms with Crippen molar-refractivity contribution in [2.75, 3.05) is 19.6 Å². The summed E-state index contributed by atoms with van der Waals surface area (Å²) in [5.74, 6) is -0.312. The van der Waals surface area contributed by atoms with Crippen LogP contribution in [0.15, 0.2) is 52.2 Å². The van der Waals surface area contributed by atoms with Crippen molar-refractivity contribution in [3.63, 3.8) is 0 Å². The Kier molecular flexibility index (Phi) is 6.47. The molecule has 0 saturated heterocycles. The fraction of sp³-hybridized carbons (Fsp3) is 0.364. The minimum absolute atomic E-state index is 0.0345. The summed E-state index contributed by atoms with van der Waals surface area (Å²) in [5, 5.41) is 3.21. The molecule has 2 heterocycles. The number of aryl methyl sites for hydroxylation is 1. The normalized spacial score (nSPS) is 12.3. The second-order valence-electron chi connectivity index (χ2n) is 7.16. The fourth-order valence-corrected chi connectivity index (χ4v) is 3.68. The number of nitrogens with one attached hydrogen (secondary N) is 1. The lowest BCUT2D eigenvalue weighted by atomic mass is 10.0. The number of pyridine rings is 1. The Labute approximate surface area is 174 Å². The first-order chi connectivity index (χ1) is 14.4. The van der Waals surface area contributed by atoms with Crippen molar-refractivity contribution in [1.29, 1.82) is 0 Å². The van der Waals surface area contributed by atoms with Gasteiger partial charge in [-0.2, -0.15) is 0 Å². The number of hydrogen-bond acceptors (Lipinski definition) is 5. The van der Waals surface area contributed by atoms with Crippen LogP contribution in [-0.2, 0) is 14.1 Å². The van der Waals surface area contributed by atoms with Crippen LogP contribution >= 0.6 is 0 Å². The van der Waals surface area contributed by atoms with Gasteiger partial charge in [0.1, 0.15) is 5.65 Å². The lowest BCUT2D eigenvalue weighted by Gasteiger charge is -2.30. The Morgan fingerprint density at radius 3 is 2.40 bits per heavy atom. The van der Waals surface area contributed by atoms with E-state index >= 15 is 0 Å². The number of amides is 1.